The quantitative estimate of drug-likeness (QED) is 0.754. The summed E-state index contributed by atoms with van der Waals surface area (Å²) in [6.45, 7) is 3.64. The Morgan fingerprint density at radius 1 is 1.50 bits per heavy atom. The van der Waals surface area contributed by atoms with Gasteiger partial charge in [0, 0.05) is 18.5 Å². The first kappa shape index (κ1) is 11.5. The van der Waals surface area contributed by atoms with Crippen molar-refractivity contribution in [2.45, 2.75) is 19.4 Å². The third-order valence-electron chi connectivity index (χ3n) is 3.58. The first-order valence-electron chi connectivity index (χ1n) is 6.26. The van der Waals surface area contributed by atoms with Gasteiger partial charge in [0.25, 0.3) is 5.88 Å². The van der Waals surface area contributed by atoms with Gasteiger partial charge in [0.15, 0.2) is 12.4 Å². The van der Waals surface area contributed by atoms with E-state index in [1.54, 1.807) is 13.2 Å². The van der Waals surface area contributed by atoms with Crippen molar-refractivity contribution in [3.63, 3.8) is 0 Å². The largest absolute Gasteiger partial charge is 0.479 e. The predicted octanol–water partition coefficient (Wildman–Crippen LogP) is 1.28. The Labute approximate surface area is 106 Å². The zero-order valence-corrected chi connectivity index (χ0v) is 10.5. The number of oxime groups is 1. The van der Waals surface area contributed by atoms with Gasteiger partial charge in [-0.15, -0.1) is 0 Å². The second-order valence-electron chi connectivity index (χ2n) is 4.74. The van der Waals surface area contributed by atoms with E-state index in [2.05, 4.69) is 15.2 Å². The number of hydrogen-bond acceptors (Lipinski definition) is 6. The summed E-state index contributed by atoms with van der Waals surface area (Å²) in [5, 5.41) is 7.95. The highest BCUT2D eigenvalue weighted by Crippen LogP contribution is 2.25. The fraction of sp³-hybridized carbons (Fsp3) is 0.667. The van der Waals surface area contributed by atoms with Crippen LogP contribution in [0.4, 0.5) is 0 Å². The monoisotopic (exact) mass is 251 g/mol. The molecule has 0 N–H and O–H groups in total. The van der Waals surface area contributed by atoms with Crippen molar-refractivity contribution < 1.29 is 14.1 Å². The molecule has 4 heterocycles. The third kappa shape index (κ3) is 2.33. The Morgan fingerprint density at radius 2 is 2.33 bits per heavy atom. The van der Waals surface area contributed by atoms with Gasteiger partial charge in [-0.1, -0.05) is 5.16 Å². The van der Waals surface area contributed by atoms with E-state index in [1.165, 1.54) is 31.6 Å². The number of methoxy groups -OCH3 is 1. The molecule has 0 aliphatic carbocycles. The number of fused-ring (bicyclic) bond motifs is 3. The average molecular weight is 251 g/mol. The zero-order valence-electron chi connectivity index (χ0n) is 10.5. The second kappa shape index (κ2) is 4.97. The average Bonchev–Trinajstić information content (AvgIpc) is 2.88. The van der Waals surface area contributed by atoms with E-state index in [1.807, 2.05) is 0 Å². The molecule has 0 spiro atoms. The highest BCUT2D eigenvalue weighted by molar-refractivity contribution is 5.89. The predicted molar refractivity (Wildman–Crippen MR) is 64.4 cm³/mol. The first-order chi connectivity index (χ1) is 8.85. The second-order valence-corrected chi connectivity index (χ2v) is 4.74. The highest BCUT2D eigenvalue weighted by Gasteiger charge is 2.31. The lowest BCUT2D eigenvalue weighted by Gasteiger charge is -2.39. The number of piperidine rings is 3. The van der Waals surface area contributed by atoms with E-state index in [9.17, 15) is 0 Å². The van der Waals surface area contributed by atoms with E-state index in [-0.39, 0.29) is 0 Å². The molecule has 0 unspecified atom stereocenters. The summed E-state index contributed by atoms with van der Waals surface area (Å²) in [7, 11) is 1.55. The molecule has 6 nitrogen and oxygen atoms in total. The maximum absolute atomic E-state index is 5.34. The number of ether oxygens (including phenoxy) is 1. The summed E-state index contributed by atoms with van der Waals surface area (Å²) >= 11 is 0. The fourth-order valence-electron chi connectivity index (χ4n) is 2.52. The van der Waals surface area contributed by atoms with E-state index in [0.29, 0.717) is 24.2 Å². The molecule has 3 aliphatic heterocycles. The Balaban J connectivity index is 1.54. The van der Waals surface area contributed by atoms with Crippen LogP contribution in [0.2, 0.25) is 0 Å². The SMILES string of the molecule is COc1cc(CO/N=C2/CN3CCC2CC3)on1. The Kier molecular flexibility index (Phi) is 3.19. The van der Waals surface area contributed by atoms with Crippen LogP contribution in [-0.2, 0) is 11.4 Å². The molecule has 4 rings (SSSR count). The maximum atomic E-state index is 5.34. The first-order valence-corrected chi connectivity index (χ1v) is 6.26. The van der Waals surface area contributed by atoms with Crippen LogP contribution < -0.4 is 4.74 Å². The maximum Gasteiger partial charge on any atom is 0.254 e. The van der Waals surface area contributed by atoms with Crippen molar-refractivity contribution >= 4 is 5.71 Å². The van der Waals surface area contributed by atoms with Crippen LogP contribution in [-0.4, -0.2) is 42.5 Å². The van der Waals surface area contributed by atoms with Crippen LogP contribution >= 0.6 is 0 Å². The van der Waals surface area contributed by atoms with Gasteiger partial charge in [0.2, 0.25) is 0 Å². The van der Waals surface area contributed by atoms with E-state index >= 15 is 0 Å². The molecule has 1 aromatic rings. The lowest BCUT2D eigenvalue weighted by Crippen LogP contribution is -2.47. The molecule has 18 heavy (non-hydrogen) atoms. The highest BCUT2D eigenvalue weighted by atomic mass is 16.6. The molecule has 3 saturated heterocycles. The normalized spacial score (nSPS) is 28.6. The van der Waals surface area contributed by atoms with Gasteiger partial charge < -0.3 is 14.1 Å². The van der Waals surface area contributed by atoms with Crippen molar-refractivity contribution in [3.05, 3.63) is 11.8 Å². The van der Waals surface area contributed by atoms with E-state index in [4.69, 9.17) is 14.1 Å². The summed E-state index contributed by atoms with van der Waals surface area (Å²) in [4.78, 5) is 7.76. The minimum atomic E-state index is 0.298. The molecular weight excluding hydrogens is 234 g/mol. The van der Waals surface area contributed by atoms with E-state index in [0.717, 1.165) is 6.54 Å². The summed E-state index contributed by atoms with van der Waals surface area (Å²) in [6.07, 6.45) is 2.41. The minimum Gasteiger partial charge on any atom is -0.479 e. The van der Waals surface area contributed by atoms with Crippen molar-refractivity contribution in [2.75, 3.05) is 26.7 Å². The van der Waals surface area contributed by atoms with Crippen molar-refractivity contribution in [2.24, 2.45) is 11.1 Å². The van der Waals surface area contributed by atoms with Crippen molar-refractivity contribution in [3.8, 4) is 5.88 Å². The molecular formula is C12H17N3O3. The molecule has 2 bridgehead atoms. The Bertz CT molecular complexity index is 436. The lowest BCUT2D eigenvalue weighted by atomic mass is 9.87. The van der Waals surface area contributed by atoms with Crippen LogP contribution in [0.5, 0.6) is 5.88 Å². The smallest absolute Gasteiger partial charge is 0.254 e. The molecule has 0 saturated carbocycles. The lowest BCUT2D eigenvalue weighted by molar-refractivity contribution is 0.0999. The number of rotatable bonds is 4. The Morgan fingerprint density at radius 3 is 2.94 bits per heavy atom. The standard InChI is InChI=1S/C12H17N3O3/c1-16-12-6-10(18-14-12)8-17-13-11-7-15-4-2-9(11)3-5-15/h6,9H,2-5,7-8H2,1H3/b13-11-. The van der Waals surface area contributed by atoms with Gasteiger partial charge >= 0.3 is 0 Å². The fourth-order valence-corrected chi connectivity index (χ4v) is 2.52. The van der Waals surface area contributed by atoms with Crippen LogP contribution in [0.15, 0.2) is 15.7 Å². The topological polar surface area (TPSA) is 60.1 Å². The number of aromatic nitrogens is 1. The van der Waals surface area contributed by atoms with Crippen LogP contribution in [0.3, 0.4) is 0 Å². The molecule has 0 aromatic carbocycles. The Hall–Kier alpha value is -1.56. The van der Waals surface area contributed by atoms with Gasteiger partial charge in [-0.25, -0.2) is 0 Å². The minimum absolute atomic E-state index is 0.298. The van der Waals surface area contributed by atoms with Gasteiger partial charge in [-0.3, -0.25) is 4.90 Å². The molecule has 3 fully saturated rings. The number of hydrogen-bond donors (Lipinski definition) is 0. The van der Waals surface area contributed by atoms with Crippen LogP contribution in [0, 0.1) is 5.92 Å². The summed E-state index contributed by atoms with van der Waals surface area (Å²) in [5.74, 6) is 1.70. The van der Waals surface area contributed by atoms with Crippen molar-refractivity contribution in [1.29, 1.82) is 0 Å². The van der Waals surface area contributed by atoms with Gasteiger partial charge in [-0.2, -0.15) is 0 Å². The van der Waals surface area contributed by atoms with Crippen molar-refractivity contribution in [1.82, 2.24) is 10.1 Å². The molecule has 98 valence electrons. The molecule has 0 atom stereocenters. The third-order valence-corrected chi connectivity index (χ3v) is 3.58. The molecule has 0 radical (unpaired) electrons. The van der Waals surface area contributed by atoms with Crippen LogP contribution in [0.1, 0.15) is 18.6 Å². The summed E-state index contributed by atoms with van der Waals surface area (Å²) < 4.78 is 9.96. The number of nitrogens with zero attached hydrogens (tertiary/aromatic N) is 3. The molecule has 6 heteroatoms. The molecule has 1 aromatic heterocycles. The summed E-state index contributed by atoms with van der Waals surface area (Å²) in [6, 6.07) is 1.71. The molecule has 0 amide bonds. The molecule has 3 aliphatic rings. The van der Waals surface area contributed by atoms with Crippen LogP contribution in [0.25, 0.3) is 0 Å². The zero-order chi connectivity index (χ0) is 12.4. The van der Waals surface area contributed by atoms with Gasteiger partial charge in [0.1, 0.15) is 0 Å². The van der Waals surface area contributed by atoms with Gasteiger partial charge in [0.05, 0.1) is 12.8 Å². The summed E-state index contributed by atoms with van der Waals surface area (Å²) in [5.41, 5.74) is 1.17. The van der Waals surface area contributed by atoms with Gasteiger partial charge in [-0.05, 0) is 31.1 Å². The van der Waals surface area contributed by atoms with E-state index < -0.39 is 0 Å².